The fourth-order valence-electron chi connectivity index (χ4n) is 4.53. The number of aryl methyl sites for hydroxylation is 2. The fourth-order valence-corrected chi connectivity index (χ4v) is 5.39. The van der Waals surface area contributed by atoms with Gasteiger partial charge in [-0.2, -0.15) is 0 Å². The molecule has 1 amide bonds. The molecule has 43 heavy (non-hydrogen) atoms. The van der Waals surface area contributed by atoms with Crippen LogP contribution in [0.5, 0.6) is 11.5 Å². The number of nitrogens with zero attached hydrogens (tertiary/aromatic N) is 5. The zero-order chi connectivity index (χ0) is 30.4. The Labute approximate surface area is 250 Å². The second-order valence-electron chi connectivity index (χ2n) is 9.63. The number of anilines is 1. The number of amidine groups is 1. The van der Waals surface area contributed by atoms with E-state index in [1.165, 1.54) is 47.0 Å². The summed E-state index contributed by atoms with van der Waals surface area (Å²) in [6.07, 6.45) is -1.54. The molecule has 1 aliphatic rings. The van der Waals surface area contributed by atoms with Gasteiger partial charge in [0.05, 0.1) is 30.9 Å². The predicted molar refractivity (Wildman–Crippen MR) is 160 cm³/mol. The summed E-state index contributed by atoms with van der Waals surface area (Å²) in [5.74, 6) is 1.31. The van der Waals surface area contributed by atoms with Crippen molar-refractivity contribution < 1.29 is 27.4 Å². The van der Waals surface area contributed by atoms with Crippen molar-refractivity contribution in [3.8, 4) is 28.6 Å². The Morgan fingerprint density at radius 3 is 2.60 bits per heavy atom. The molecule has 3 aromatic carbocycles. The molecule has 0 radical (unpaired) electrons. The maximum atomic E-state index is 12.6. The molecule has 1 saturated heterocycles. The van der Waals surface area contributed by atoms with Crippen LogP contribution >= 0.6 is 11.8 Å². The van der Waals surface area contributed by atoms with Gasteiger partial charge in [0, 0.05) is 5.56 Å². The van der Waals surface area contributed by atoms with E-state index in [0.717, 1.165) is 47.5 Å². The Balaban J connectivity index is 1.12. The molecule has 1 fully saturated rings. The number of carbonyl (C=O) groups is 1. The van der Waals surface area contributed by atoms with E-state index in [1.54, 1.807) is 12.0 Å². The van der Waals surface area contributed by atoms with Gasteiger partial charge in [-0.1, -0.05) is 30.0 Å². The van der Waals surface area contributed by atoms with Crippen LogP contribution in [0.2, 0.25) is 0 Å². The molecule has 9 nitrogen and oxygen atoms in total. The maximum absolute atomic E-state index is 12.6. The molecule has 13 heteroatoms. The molecule has 0 unspecified atom stereocenters. The van der Waals surface area contributed by atoms with Crippen LogP contribution < -0.4 is 19.7 Å². The van der Waals surface area contributed by atoms with Gasteiger partial charge in [-0.25, -0.2) is 14.7 Å². The molecule has 0 saturated carbocycles. The lowest BCUT2D eigenvalue weighted by molar-refractivity contribution is -0.274. The van der Waals surface area contributed by atoms with Gasteiger partial charge < -0.3 is 9.47 Å². The minimum Gasteiger partial charge on any atom is -0.497 e. The van der Waals surface area contributed by atoms with Crippen molar-refractivity contribution in [2.24, 2.45) is 4.99 Å². The first kappa shape index (κ1) is 30.1. The molecule has 0 bridgehead atoms. The molecular formula is C30H29F3N6O3S. The van der Waals surface area contributed by atoms with Crippen molar-refractivity contribution in [1.29, 1.82) is 0 Å². The molecule has 0 atom stereocenters. The first-order chi connectivity index (χ1) is 20.7. The number of hydrogen-bond donors (Lipinski definition) is 1. The van der Waals surface area contributed by atoms with Crippen LogP contribution in [-0.4, -0.2) is 58.3 Å². The van der Waals surface area contributed by atoms with Gasteiger partial charge in [0.1, 0.15) is 17.8 Å². The number of methoxy groups -OCH3 is 1. The molecule has 1 aliphatic heterocycles. The topological polar surface area (TPSA) is 93.9 Å². The molecule has 1 N–H and O–H groups in total. The average molecular weight is 611 g/mol. The Bertz CT molecular complexity index is 1610. The summed E-state index contributed by atoms with van der Waals surface area (Å²) in [4.78, 5) is 23.2. The van der Waals surface area contributed by atoms with Crippen molar-refractivity contribution in [2.75, 3.05) is 31.0 Å². The van der Waals surface area contributed by atoms with E-state index in [-0.39, 0.29) is 11.7 Å². The molecule has 2 heterocycles. The Hall–Kier alpha value is -4.36. The number of thioether (sulfide) groups is 1. The third kappa shape index (κ3) is 7.73. The van der Waals surface area contributed by atoms with Crippen molar-refractivity contribution in [3.05, 3.63) is 84.2 Å². The molecular weight excluding hydrogens is 581 g/mol. The number of aromatic nitrogens is 3. The van der Waals surface area contributed by atoms with Gasteiger partial charge in [0.2, 0.25) is 5.91 Å². The predicted octanol–water partition coefficient (Wildman–Crippen LogP) is 5.77. The van der Waals surface area contributed by atoms with Crippen LogP contribution in [0, 0.1) is 6.92 Å². The third-order valence-electron chi connectivity index (χ3n) is 6.57. The number of hydrogen-bond acceptors (Lipinski definition) is 8. The van der Waals surface area contributed by atoms with E-state index in [0.29, 0.717) is 29.1 Å². The van der Waals surface area contributed by atoms with Gasteiger partial charge in [0.15, 0.2) is 11.0 Å². The summed E-state index contributed by atoms with van der Waals surface area (Å²) < 4.78 is 47.9. The summed E-state index contributed by atoms with van der Waals surface area (Å²) in [6.45, 7) is 3.08. The molecule has 0 aliphatic carbocycles. The molecule has 5 rings (SSSR count). The normalized spacial score (nSPS) is 14.5. The van der Waals surface area contributed by atoms with E-state index < -0.39 is 6.36 Å². The molecule has 1 aromatic heterocycles. The lowest BCUT2D eigenvalue weighted by Gasteiger charge is -2.19. The maximum Gasteiger partial charge on any atom is 0.573 e. The van der Waals surface area contributed by atoms with Crippen molar-refractivity contribution >= 4 is 28.5 Å². The van der Waals surface area contributed by atoms with Crippen molar-refractivity contribution in [2.45, 2.75) is 26.1 Å². The van der Waals surface area contributed by atoms with Gasteiger partial charge in [-0.3, -0.25) is 15.0 Å². The monoisotopic (exact) mass is 610 g/mol. The van der Waals surface area contributed by atoms with Crippen molar-refractivity contribution in [3.63, 3.8) is 0 Å². The zero-order valence-corrected chi connectivity index (χ0v) is 24.3. The van der Waals surface area contributed by atoms with Crippen LogP contribution in [0.25, 0.3) is 17.1 Å². The quantitative estimate of drug-likeness (QED) is 0.216. The number of rotatable bonds is 11. The van der Waals surface area contributed by atoms with Crippen LogP contribution in [0.1, 0.15) is 17.5 Å². The number of alkyl halides is 3. The summed E-state index contributed by atoms with van der Waals surface area (Å²) in [7, 11) is 1.61. The number of halogens is 3. The van der Waals surface area contributed by atoms with E-state index in [9.17, 15) is 18.0 Å². The lowest BCUT2D eigenvalue weighted by Crippen LogP contribution is -2.31. The number of amides is 1. The lowest BCUT2D eigenvalue weighted by atomic mass is 10.1. The summed E-state index contributed by atoms with van der Waals surface area (Å²) in [5, 5.41) is 8.49. The number of benzene rings is 3. The highest BCUT2D eigenvalue weighted by atomic mass is 32.2. The number of carbonyl (C=O) groups excluding carboxylic acids is 1. The first-order valence-electron chi connectivity index (χ1n) is 13.4. The minimum absolute atomic E-state index is 0.00432. The summed E-state index contributed by atoms with van der Waals surface area (Å²) >= 11 is 1.43. The highest BCUT2D eigenvalue weighted by Gasteiger charge is 2.31. The van der Waals surface area contributed by atoms with Gasteiger partial charge in [0.25, 0.3) is 0 Å². The van der Waals surface area contributed by atoms with E-state index in [4.69, 9.17) is 4.74 Å². The smallest absolute Gasteiger partial charge is 0.497 e. The van der Waals surface area contributed by atoms with Gasteiger partial charge in [-0.05, 0) is 86.0 Å². The number of nitrogens with one attached hydrogen (secondary N) is 1. The highest BCUT2D eigenvalue weighted by Crippen LogP contribution is 2.31. The molecule has 4 aromatic rings. The summed E-state index contributed by atoms with van der Waals surface area (Å²) in [6, 6.07) is 19.0. The van der Waals surface area contributed by atoms with E-state index in [2.05, 4.69) is 25.1 Å². The van der Waals surface area contributed by atoms with Gasteiger partial charge >= 0.3 is 6.36 Å². The Kier molecular flexibility index (Phi) is 9.31. The Morgan fingerprint density at radius 2 is 1.86 bits per heavy atom. The fraction of sp³-hybridized carbons (Fsp3) is 0.267. The summed E-state index contributed by atoms with van der Waals surface area (Å²) in [5.41, 5.74) is 4.26. The Morgan fingerprint density at radius 1 is 1.07 bits per heavy atom. The first-order valence-corrected chi connectivity index (χ1v) is 14.4. The van der Waals surface area contributed by atoms with Crippen LogP contribution in [-0.2, 0) is 11.2 Å². The van der Waals surface area contributed by atoms with Gasteiger partial charge in [-0.15, -0.1) is 18.3 Å². The standard InChI is InChI=1S/C30H29F3N6O3S/c1-20-15-25(41-2)12-13-26(20)39-27(40)17-43-29(39)35-18-34-14-4-6-21-5-3-7-22(16-21)28-36-19-38(37-28)23-8-10-24(11-9-23)42-30(31,32)33/h3,5,7-13,15-16,19,34H,4,6,14,17-18H2,1-2H3/b35-29-. The highest BCUT2D eigenvalue weighted by molar-refractivity contribution is 8.15. The molecule has 224 valence electrons. The minimum atomic E-state index is -4.74. The largest absolute Gasteiger partial charge is 0.573 e. The average Bonchev–Trinajstić information content (AvgIpc) is 3.62. The SMILES string of the molecule is COc1ccc(N2C(=O)CS/C2=N\CNCCCc2cccc(-c3ncn(-c4ccc(OC(F)(F)F)cc4)n3)c2)c(C)c1. The second kappa shape index (κ2) is 13.3. The number of aliphatic imine (C=N–C) groups is 1. The zero-order valence-electron chi connectivity index (χ0n) is 23.5. The van der Waals surface area contributed by atoms with E-state index >= 15 is 0 Å². The van der Waals surface area contributed by atoms with Crippen molar-refractivity contribution in [1.82, 2.24) is 20.1 Å². The van der Waals surface area contributed by atoms with E-state index in [1.807, 2.05) is 49.4 Å². The second-order valence-corrected chi connectivity index (χ2v) is 10.6. The molecule has 0 spiro atoms. The van der Waals surface area contributed by atoms with Crippen LogP contribution in [0.15, 0.2) is 78.0 Å². The number of ether oxygens (including phenoxy) is 2. The van der Waals surface area contributed by atoms with Crippen LogP contribution in [0.3, 0.4) is 0 Å². The third-order valence-corrected chi connectivity index (χ3v) is 7.53. The van der Waals surface area contributed by atoms with Crippen LogP contribution in [0.4, 0.5) is 18.9 Å².